The molecule has 4 heterocycles. The molecule has 6 nitrogen and oxygen atoms in total. The summed E-state index contributed by atoms with van der Waals surface area (Å²) in [6.45, 7) is 3.14. The summed E-state index contributed by atoms with van der Waals surface area (Å²) in [7, 11) is 0. The molecular weight excluding hydrogens is 397 g/mol. The van der Waals surface area contributed by atoms with Crippen LogP contribution in [0, 0.1) is 5.82 Å². The van der Waals surface area contributed by atoms with Crippen LogP contribution < -0.4 is 14.8 Å². The summed E-state index contributed by atoms with van der Waals surface area (Å²) >= 11 is 0. The zero-order valence-electron chi connectivity index (χ0n) is 17.1. The first-order valence-corrected chi connectivity index (χ1v) is 10.9. The van der Waals surface area contributed by atoms with Crippen LogP contribution in [0.3, 0.4) is 0 Å². The van der Waals surface area contributed by atoms with Crippen LogP contribution in [0.15, 0.2) is 36.5 Å². The van der Waals surface area contributed by atoms with Crippen molar-refractivity contribution in [3.05, 3.63) is 53.5 Å². The Bertz CT molecular complexity index is 1170. The standard InChI is InChI=1S/C24H24FN3O3/c25-19-10-21-24(17-9-22(29)27-23(17)19)31-15(13-30-21)12-28-7-5-14(6-8-28)18-11-26-20-4-2-1-3-16(18)20/h1-4,10-11,14-15,26H,5-9,12-13H2,(H,27,29). The van der Waals surface area contributed by atoms with E-state index in [0.717, 1.165) is 32.5 Å². The van der Waals surface area contributed by atoms with Crippen LogP contribution in [-0.4, -0.2) is 48.1 Å². The first-order chi connectivity index (χ1) is 15.2. The minimum absolute atomic E-state index is 0.127. The van der Waals surface area contributed by atoms with Gasteiger partial charge in [-0.3, -0.25) is 9.69 Å². The van der Waals surface area contributed by atoms with Crippen molar-refractivity contribution in [3.63, 3.8) is 0 Å². The summed E-state index contributed by atoms with van der Waals surface area (Å²) in [5.41, 5.74) is 3.41. The number of hydrogen-bond donors (Lipinski definition) is 2. The maximum absolute atomic E-state index is 14.2. The van der Waals surface area contributed by atoms with E-state index in [1.54, 1.807) is 0 Å². The highest BCUT2D eigenvalue weighted by Gasteiger charge is 2.34. The van der Waals surface area contributed by atoms with Crippen LogP contribution >= 0.6 is 0 Å². The van der Waals surface area contributed by atoms with Gasteiger partial charge in [0.05, 0.1) is 12.1 Å². The zero-order valence-corrected chi connectivity index (χ0v) is 17.1. The molecule has 0 bridgehead atoms. The molecule has 3 aromatic rings. The van der Waals surface area contributed by atoms with Gasteiger partial charge < -0.3 is 19.8 Å². The second-order valence-electron chi connectivity index (χ2n) is 8.68. The molecule has 1 unspecified atom stereocenters. The second-order valence-corrected chi connectivity index (χ2v) is 8.68. The lowest BCUT2D eigenvalue weighted by atomic mass is 9.89. The van der Waals surface area contributed by atoms with Gasteiger partial charge in [-0.15, -0.1) is 0 Å². The van der Waals surface area contributed by atoms with Crippen LogP contribution in [0.1, 0.15) is 29.9 Å². The van der Waals surface area contributed by atoms with Gasteiger partial charge in [0.2, 0.25) is 5.91 Å². The number of amides is 1. The molecule has 3 aliphatic heterocycles. The van der Waals surface area contributed by atoms with Gasteiger partial charge in [-0.1, -0.05) is 18.2 Å². The Labute approximate surface area is 179 Å². The van der Waals surface area contributed by atoms with E-state index < -0.39 is 5.82 Å². The number of ether oxygens (including phenoxy) is 2. The molecule has 6 rings (SSSR count). The maximum atomic E-state index is 14.2. The van der Waals surface area contributed by atoms with Crippen molar-refractivity contribution in [2.75, 3.05) is 31.6 Å². The van der Waals surface area contributed by atoms with Crippen molar-refractivity contribution in [1.29, 1.82) is 0 Å². The molecule has 3 aliphatic rings. The number of anilines is 1. The number of rotatable bonds is 3. The lowest BCUT2D eigenvalue weighted by Gasteiger charge is -2.36. The number of aromatic amines is 1. The molecule has 1 aromatic heterocycles. The van der Waals surface area contributed by atoms with E-state index in [9.17, 15) is 9.18 Å². The van der Waals surface area contributed by atoms with Gasteiger partial charge in [0.1, 0.15) is 12.7 Å². The van der Waals surface area contributed by atoms with E-state index in [4.69, 9.17) is 9.47 Å². The summed E-state index contributed by atoms with van der Waals surface area (Å²) in [6.07, 6.45) is 4.36. The third-order valence-corrected chi connectivity index (χ3v) is 6.72. The van der Waals surface area contributed by atoms with Crippen molar-refractivity contribution in [2.24, 2.45) is 0 Å². The van der Waals surface area contributed by atoms with Crippen LogP contribution in [-0.2, 0) is 11.2 Å². The molecule has 31 heavy (non-hydrogen) atoms. The highest BCUT2D eigenvalue weighted by molar-refractivity contribution is 6.00. The van der Waals surface area contributed by atoms with E-state index in [1.807, 2.05) is 0 Å². The van der Waals surface area contributed by atoms with E-state index in [-0.39, 0.29) is 24.1 Å². The molecule has 1 amide bonds. The van der Waals surface area contributed by atoms with Gasteiger partial charge >= 0.3 is 0 Å². The number of aromatic nitrogens is 1. The van der Waals surface area contributed by atoms with Gasteiger partial charge in [-0.2, -0.15) is 0 Å². The van der Waals surface area contributed by atoms with Crippen LogP contribution in [0.4, 0.5) is 10.1 Å². The summed E-state index contributed by atoms with van der Waals surface area (Å²) < 4.78 is 26.2. The maximum Gasteiger partial charge on any atom is 0.229 e. The molecule has 160 valence electrons. The number of para-hydroxylation sites is 1. The molecule has 0 aliphatic carbocycles. The SMILES string of the molecule is O=C1Cc2c(c(F)cc3c2OC(CN2CCC(c4c[nH]c5ccccc45)CC2)CO3)N1. The Morgan fingerprint density at radius 2 is 2.03 bits per heavy atom. The number of halogens is 1. The Hall–Kier alpha value is -3.06. The minimum atomic E-state index is -0.471. The first kappa shape index (κ1) is 18.7. The highest BCUT2D eigenvalue weighted by Crippen LogP contribution is 2.44. The first-order valence-electron chi connectivity index (χ1n) is 10.9. The van der Waals surface area contributed by atoms with E-state index >= 15 is 0 Å². The van der Waals surface area contributed by atoms with Crippen molar-refractivity contribution in [1.82, 2.24) is 9.88 Å². The van der Waals surface area contributed by atoms with Crippen molar-refractivity contribution in [2.45, 2.75) is 31.3 Å². The Morgan fingerprint density at radius 3 is 2.90 bits per heavy atom. The average Bonchev–Trinajstić information content (AvgIpc) is 3.39. The topological polar surface area (TPSA) is 66.6 Å². The van der Waals surface area contributed by atoms with E-state index in [0.29, 0.717) is 29.6 Å². The number of likely N-dealkylation sites (tertiary alicyclic amines) is 1. The van der Waals surface area contributed by atoms with Gasteiger partial charge in [-0.25, -0.2) is 4.39 Å². The molecule has 1 fully saturated rings. The lowest BCUT2D eigenvalue weighted by molar-refractivity contribution is -0.115. The molecule has 0 spiro atoms. The third kappa shape index (κ3) is 3.24. The third-order valence-electron chi connectivity index (χ3n) is 6.72. The fraction of sp³-hybridized carbons (Fsp3) is 0.375. The summed E-state index contributed by atoms with van der Waals surface area (Å²) in [4.78, 5) is 17.6. The number of H-pyrrole nitrogens is 1. The second kappa shape index (κ2) is 7.27. The number of benzene rings is 2. The summed E-state index contributed by atoms with van der Waals surface area (Å²) in [5.74, 6) is 0.773. The molecular formula is C24H24FN3O3. The molecule has 2 aromatic carbocycles. The fourth-order valence-electron chi connectivity index (χ4n) is 5.16. The van der Waals surface area contributed by atoms with Crippen molar-refractivity contribution in [3.8, 4) is 11.5 Å². The normalized spacial score (nSPS) is 21.3. The smallest absolute Gasteiger partial charge is 0.229 e. The number of carbonyl (C=O) groups excluding carboxylic acids is 1. The molecule has 7 heteroatoms. The Kier molecular flexibility index (Phi) is 4.38. The van der Waals surface area contributed by atoms with Crippen molar-refractivity contribution < 1.29 is 18.7 Å². The van der Waals surface area contributed by atoms with Gasteiger partial charge in [0.25, 0.3) is 0 Å². The monoisotopic (exact) mass is 421 g/mol. The van der Waals surface area contributed by atoms with E-state index in [2.05, 4.69) is 45.7 Å². The molecule has 0 radical (unpaired) electrons. The molecule has 2 N–H and O–H groups in total. The van der Waals surface area contributed by atoms with Crippen LogP contribution in [0.5, 0.6) is 11.5 Å². The predicted molar refractivity (Wildman–Crippen MR) is 115 cm³/mol. The van der Waals surface area contributed by atoms with E-state index in [1.165, 1.54) is 22.5 Å². The number of nitrogens with zero attached hydrogens (tertiary/aromatic N) is 1. The van der Waals surface area contributed by atoms with Crippen molar-refractivity contribution >= 4 is 22.5 Å². The Balaban J connectivity index is 1.12. The fourth-order valence-corrected chi connectivity index (χ4v) is 5.16. The minimum Gasteiger partial charge on any atom is -0.486 e. The average molecular weight is 421 g/mol. The summed E-state index contributed by atoms with van der Waals surface area (Å²) in [6, 6.07) is 9.78. The van der Waals surface area contributed by atoms with Gasteiger partial charge in [0.15, 0.2) is 17.3 Å². The van der Waals surface area contributed by atoms with Crippen LogP contribution in [0.25, 0.3) is 10.9 Å². The number of fused-ring (bicyclic) bond motifs is 4. The molecule has 0 saturated carbocycles. The zero-order chi connectivity index (χ0) is 20.9. The Morgan fingerprint density at radius 1 is 1.19 bits per heavy atom. The number of nitrogens with one attached hydrogen (secondary N) is 2. The van der Waals surface area contributed by atoms with Gasteiger partial charge in [0, 0.05) is 35.3 Å². The highest BCUT2D eigenvalue weighted by atomic mass is 19.1. The lowest BCUT2D eigenvalue weighted by Crippen LogP contribution is -2.44. The quantitative estimate of drug-likeness (QED) is 0.675. The number of hydrogen-bond acceptors (Lipinski definition) is 4. The van der Waals surface area contributed by atoms with Crippen LogP contribution in [0.2, 0.25) is 0 Å². The number of carbonyl (C=O) groups is 1. The number of piperidine rings is 1. The largest absolute Gasteiger partial charge is 0.486 e. The summed E-state index contributed by atoms with van der Waals surface area (Å²) in [5, 5.41) is 3.91. The molecule has 1 atom stereocenters. The molecule has 1 saturated heterocycles. The van der Waals surface area contributed by atoms with Gasteiger partial charge in [-0.05, 0) is 43.5 Å². The predicted octanol–water partition coefficient (Wildman–Crippen LogP) is 3.82.